The van der Waals surface area contributed by atoms with Crippen LogP contribution in [-0.2, 0) is 0 Å². The van der Waals surface area contributed by atoms with E-state index in [1.807, 2.05) is 4.90 Å². The number of aliphatic hydroxyl groups is 2. The molecule has 0 radical (unpaired) electrons. The quantitative estimate of drug-likeness (QED) is 0.560. The molecule has 9 nitrogen and oxygen atoms in total. The topological polar surface area (TPSA) is 116 Å². The van der Waals surface area contributed by atoms with Crippen LogP contribution < -0.4 is 9.80 Å². The number of aliphatic hydroxyl groups excluding tert-OH is 2. The minimum absolute atomic E-state index is 0.00322. The van der Waals surface area contributed by atoms with E-state index in [2.05, 4.69) is 9.97 Å². The number of rotatable bonds is 7. The van der Waals surface area contributed by atoms with Gasteiger partial charge in [-0.05, 0) is 31.4 Å². The van der Waals surface area contributed by atoms with Gasteiger partial charge in [-0.15, -0.1) is 0 Å². The predicted molar refractivity (Wildman–Crippen MR) is 98.6 cm³/mol. The van der Waals surface area contributed by atoms with Crippen molar-refractivity contribution in [3.63, 3.8) is 0 Å². The Kier molecular flexibility index (Phi) is 5.79. The van der Waals surface area contributed by atoms with Gasteiger partial charge in [-0.2, -0.15) is 0 Å². The van der Waals surface area contributed by atoms with E-state index in [1.54, 1.807) is 17.0 Å². The molecule has 0 unspecified atom stereocenters. The van der Waals surface area contributed by atoms with Crippen molar-refractivity contribution in [1.82, 2.24) is 9.97 Å². The predicted octanol–water partition coefficient (Wildman–Crippen LogP) is 1.32. The van der Waals surface area contributed by atoms with E-state index in [-0.39, 0.29) is 18.9 Å². The summed E-state index contributed by atoms with van der Waals surface area (Å²) in [5.41, 5.74) is 0.422. The first-order valence-corrected chi connectivity index (χ1v) is 8.82. The van der Waals surface area contributed by atoms with Crippen LogP contribution in [0.5, 0.6) is 0 Å². The third-order valence-corrected chi connectivity index (χ3v) is 4.54. The molecule has 26 heavy (non-hydrogen) atoms. The second-order valence-electron chi connectivity index (χ2n) is 6.29. The number of piperidine rings is 1. The molecule has 0 spiro atoms. The average molecular weight is 361 g/mol. The summed E-state index contributed by atoms with van der Waals surface area (Å²) < 4.78 is 0. The minimum atomic E-state index is -0.395. The maximum atomic E-state index is 11.5. The van der Waals surface area contributed by atoms with Gasteiger partial charge in [0.05, 0.1) is 18.1 Å². The van der Waals surface area contributed by atoms with Crippen molar-refractivity contribution in [3.8, 4) is 0 Å². The number of hydrogen-bond acceptors (Lipinski definition) is 8. The Balaban J connectivity index is 2.04. The Morgan fingerprint density at radius 2 is 1.81 bits per heavy atom. The van der Waals surface area contributed by atoms with E-state index in [1.165, 1.54) is 6.07 Å². The van der Waals surface area contributed by atoms with E-state index in [4.69, 9.17) is 0 Å². The molecule has 0 amide bonds. The van der Waals surface area contributed by atoms with Gasteiger partial charge >= 0.3 is 5.69 Å². The molecule has 0 bridgehead atoms. The Hall–Kier alpha value is -2.52. The average Bonchev–Trinajstić information content (AvgIpc) is 2.67. The van der Waals surface area contributed by atoms with E-state index in [0.29, 0.717) is 35.8 Å². The molecule has 0 aromatic carbocycles. The number of fused-ring (bicyclic) bond motifs is 1. The molecule has 9 heteroatoms. The zero-order valence-electron chi connectivity index (χ0n) is 14.5. The molecule has 2 aromatic rings. The van der Waals surface area contributed by atoms with Gasteiger partial charge in [-0.3, -0.25) is 10.1 Å². The third-order valence-electron chi connectivity index (χ3n) is 4.54. The summed E-state index contributed by atoms with van der Waals surface area (Å²) in [6.45, 7) is 2.05. The summed E-state index contributed by atoms with van der Waals surface area (Å²) in [6.07, 6.45) is 3.10. The Bertz CT molecular complexity index is 773. The van der Waals surface area contributed by atoms with Crippen LogP contribution in [-0.4, -0.2) is 64.5 Å². The normalized spacial score (nSPS) is 14.6. The summed E-state index contributed by atoms with van der Waals surface area (Å²) in [7, 11) is 0. The van der Waals surface area contributed by atoms with Crippen LogP contribution in [0.25, 0.3) is 11.0 Å². The Morgan fingerprint density at radius 3 is 2.42 bits per heavy atom. The van der Waals surface area contributed by atoms with Crippen molar-refractivity contribution in [2.75, 3.05) is 49.2 Å². The number of anilines is 2. The molecule has 0 aliphatic carbocycles. The highest BCUT2D eigenvalue weighted by Crippen LogP contribution is 2.31. The van der Waals surface area contributed by atoms with Gasteiger partial charge in [-0.1, -0.05) is 0 Å². The molecular weight excluding hydrogens is 338 g/mol. The van der Waals surface area contributed by atoms with Crippen molar-refractivity contribution in [2.45, 2.75) is 19.3 Å². The smallest absolute Gasteiger partial charge is 0.312 e. The van der Waals surface area contributed by atoms with Crippen molar-refractivity contribution in [3.05, 3.63) is 28.3 Å². The van der Waals surface area contributed by atoms with Crippen molar-refractivity contribution in [2.24, 2.45) is 0 Å². The lowest BCUT2D eigenvalue weighted by molar-refractivity contribution is -0.384. The highest BCUT2D eigenvalue weighted by Gasteiger charge is 2.24. The van der Waals surface area contributed by atoms with E-state index in [9.17, 15) is 20.3 Å². The maximum Gasteiger partial charge on any atom is 0.312 e. The first kappa shape index (κ1) is 18.3. The van der Waals surface area contributed by atoms with Crippen LogP contribution in [0.3, 0.4) is 0 Å². The van der Waals surface area contributed by atoms with Gasteiger partial charge in [-0.25, -0.2) is 9.97 Å². The molecule has 0 atom stereocenters. The minimum Gasteiger partial charge on any atom is -0.395 e. The van der Waals surface area contributed by atoms with Gasteiger partial charge in [0.1, 0.15) is 5.82 Å². The van der Waals surface area contributed by atoms with Gasteiger partial charge in [0.25, 0.3) is 0 Å². The van der Waals surface area contributed by atoms with Crippen LogP contribution in [0.4, 0.5) is 17.3 Å². The lowest BCUT2D eigenvalue weighted by atomic mass is 10.1. The zero-order valence-corrected chi connectivity index (χ0v) is 14.5. The molecular formula is C17H23N5O4. The van der Waals surface area contributed by atoms with Gasteiger partial charge < -0.3 is 20.0 Å². The molecule has 2 N–H and O–H groups in total. The summed E-state index contributed by atoms with van der Waals surface area (Å²) in [5, 5.41) is 30.5. The van der Waals surface area contributed by atoms with Crippen LogP contribution in [0.15, 0.2) is 18.2 Å². The van der Waals surface area contributed by atoms with Crippen LogP contribution in [0.2, 0.25) is 0 Å². The molecule has 1 aliphatic heterocycles. The fourth-order valence-corrected chi connectivity index (χ4v) is 3.25. The first-order valence-electron chi connectivity index (χ1n) is 8.82. The SMILES string of the molecule is O=[N+]([O-])c1cc2ccc(N(CCO)CCO)nc2nc1N1CCCCC1. The van der Waals surface area contributed by atoms with Crippen molar-refractivity contribution >= 4 is 28.4 Å². The van der Waals surface area contributed by atoms with Gasteiger partial charge in [0, 0.05) is 37.6 Å². The number of hydrogen-bond donors (Lipinski definition) is 2. The number of nitrogens with zero attached hydrogens (tertiary/aromatic N) is 5. The summed E-state index contributed by atoms with van der Waals surface area (Å²) in [5.74, 6) is 0.939. The summed E-state index contributed by atoms with van der Waals surface area (Å²) in [6, 6.07) is 4.98. The second kappa shape index (κ2) is 8.24. The monoisotopic (exact) mass is 361 g/mol. The second-order valence-corrected chi connectivity index (χ2v) is 6.29. The Labute approximate surface area is 151 Å². The molecule has 3 rings (SSSR count). The molecule has 1 fully saturated rings. The molecule has 140 valence electrons. The fourth-order valence-electron chi connectivity index (χ4n) is 3.25. The van der Waals surface area contributed by atoms with Crippen molar-refractivity contribution in [1.29, 1.82) is 0 Å². The third kappa shape index (κ3) is 3.83. The summed E-state index contributed by atoms with van der Waals surface area (Å²) >= 11 is 0. The summed E-state index contributed by atoms with van der Waals surface area (Å²) in [4.78, 5) is 23.8. The first-order chi connectivity index (χ1) is 12.6. The Morgan fingerprint density at radius 1 is 1.12 bits per heavy atom. The molecule has 3 heterocycles. The lowest BCUT2D eigenvalue weighted by Crippen LogP contribution is -2.31. The number of pyridine rings is 2. The van der Waals surface area contributed by atoms with Gasteiger partial charge in [0.15, 0.2) is 5.65 Å². The van der Waals surface area contributed by atoms with Gasteiger partial charge in [0.2, 0.25) is 5.82 Å². The maximum absolute atomic E-state index is 11.5. The highest BCUT2D eigenvalue weighted by atomic mass is 16.6. The number of aromatic nitrogens is 2. The molecule has 1 aliphatic rings. The van der Waals surface area contributed by atoms with E-state index in [0.717, 1.165) is 32.4 Å². The van der Waals surface area contributed by atoms with E-state index < -0.39 is 4.92 Å². The van der Waals surface area contributed by atoms with Crippen LogP contribution in [0.1, 0.15) is 19.3 Å². The molecule has 0 saturated carbocycles. The largest absolute Gasteiger partial charge is 0.395 e. The zero-order chi connectivity index (χ0) is 18.5. The van der Waals surface area contributed by atoms with E-state index >= 15 is 0 Å². The van der Waals surface area contributed by atoms with Crippen LogP contribution >= 0.6 is 0 Å². The van der Waals surface area contributed by atoms with Crippen molar-refractivity contribution < 1.29 is 15.1 Å². The fraction of sp³-hybridized carbons (Fsp3) is 0.529. The van der Waals surface area contributed by atoms with Crippen LogP contribution in [0, 0.1) is 10.1 Å². The lowest BCUT2D eigenvalue weighted by Gasteiger charge is -2.27. The molecule has 2 aromatic heterocycles. The highest BCUT2D eigenvalue weighted by molar-refractivity contribution is 5.83. The molecule has 1 saturated heterocycles. The number of nitro groups is 1. The standard InChI is InChI=1S/C17H23N5O4/c23-10-8-20(9-11-24)15-5-4-13-12-14(22(25)26)17(19-16(13)18-15)21-6-2-1-3-7-21/h4-5,12,23-24H,1-3,6-11H2.